The molecule has 0 saturated carbocycles. The zero-order chi connectivity index (χ0) is 18.2. The van der Waals surface area contributed by atoms with Gasteiger partial charge in [0.1, 0.15) is 0 Å². The van der Waals surface area contributed by atoms with Gasteiger partial charge in [-0.05, 0) is 24.6 Å². The number of benzene rings is 1. The molecule has 0 aliphatic rings. The molecule has 0 saturated heterocycles. The van der Waals surface area contributed by atoms with Crippen molar-refractivity contribution < 1.29 is 27.6 Å². The average molecular weight is 345 g/mol. The van der Waals surface area contributed by atoms with Crippen LogP contribution in [0.4, 0.5) is 13.2 Å². The van der Waals surface area contributed by atoms with Gasteiger partial charge < -0.3 is 5.32 Å². The number of unbranched alkanes of at least 4 members (excludes halogenated alkanes) is 1. The normalized spacial score (nSPS) is 10.8. The van der Waals surface area contributed by atoms with E-state index in [1.807, 2.05) is 6.92 Å². The van der Waals surface area contributed by atoms with Crippen molar-refractivity contribution >= 4 is 17.7 Å². The third-order valence-corrected chi connectivity index (χ3v) is 2.96. The van der Waals surface area contributed by atoms with E-state index in [0.717, 1.165) is 18.6 Å². The van der Waals surface area contributed by atoms with Gasteiger partial charge in [-0.1, -0.05) is 19.4 Å². The molecule has 1 aromatic rings. The molecule has 0 unspecified atom stereocenters. The fourth-order valence-electron chi connectivity index (χ4n) is 1.68. The molecule has 0 heterocycles. The predicted molar refractivity (Wildman–Crippen MR) is 79.6 cm³/mol. The fourth-order valence-corrected chi connectivity index (χ4v) is 1.68. The molecule has 0 aliphatic heterocycles. The summed E-state index contributed by atoms with van der Waals surface area (Å²) in [5.74, 6) is -1.89. The lowest BCUT2D eigenvalue weighted by Gasteiger charge is -2.10. The van der Waals surface area contributed by atoms with Gasteiger partial charge in [-0.15, -0.1) is 0 Å². The molecular formula is C15H18F3N3O3. The maximum atomic E-state index is 12.6. The number of carbonyl (C=O) groups is 3. The molecule has 3 N–H and O–H groups in total. The number of amides is 3. The summed E-state index contributed by atoms with van der Waals surface area (Å²) in [7, 11) is 0. The standard InChI is InChI=1S/C15H18F3N3O3/c1-2-3-7-12(22)20-21-13(23)9-19-14(24)10-5-4-6-11(8-10)15(16,17)18/h4-6,8H,2-3,7,9H2,1H3,(H,19,24)(H,20,22)(H,21,23). The van der Waals surface area contributed by atoms with Gasteiger partial charge in [-0.2, -0.15) is 13.2 Å². The lowest BCUT2D eigenvalue weighted by atomic mass is 10.1. The van der Waals surface area contributed by atoms with Gasteiger partial charge in [-0.3, -0.25) is 25.2 Å². The first-order valence-corrected chi connectivity index (χ1v) is 7.27. The smallest absolute Gasteiger partial charge is 0.343 e. The van der Waals surface area contributed by atoms with E-state index in [1.165, 1.54) is 6.07 Å². The summed E-state index contributed by atoms with van der Waals surface area (Å²) < 4.78 is 37.7. The number of hydrogen-bond acceptors (Lipinski definition) is 3. The summed E-state index contributed by atoms with van der Waals surface area (Å²) in [5.41, 5.74) is 3.10. The summed E-state index contributed by atoms with van der Waals surface area (Å²) in [6.45, 7) is 1.43. The zero-order valence-electron chi connectivity index (χ0n) is 13.0. The Morgan fingerprint density at radius 2 is 1.75 bits per heavy atom. The van der Waals surface area contributed by atoms with Crippen molar-refractivity contribution in [2.45, 2.75) is 32.4 Å². The van der Waals surface area contributed by atoms with Crippen LogP contribution in [-0.2, 0) is 15.8 Å². The topological polar surface area (TPSA) is 87.3 Å². The first-order chi connectivity index (χ1) is 11.2. The van der Waals surface area contributed by atoms with Gasteiger partial charge in [0.2, 0.25) is 5.91 Å². The summed E-state index contributed by atoms with van der Waals surface area (Å²) in [4.78, 5) is 34.5. The molecule has 0 spiro atoms. The van der Waals surface area contributed by atoms with Crippen LogP contribution in [0, 0.1) is 0 Å². The maximum absolute atomic E-state index is 12.6. The zero-order valence-corrected chi connectivity index (χ0v) is 13.0. The van der Waals surface area contributed by atoms with E-state index in [4.69, 9.17) is 0 Å². The Morgan fingerprint density at radius 1 is 1.08 bits per heavy atom. The Balaban J connectivity index is 2.46. The molecule has 24 heavy (non-hydrogen) atoms. The summed E-state index contributed by atoms with van der Waals surface area (Å²) in [6, 6.07) is 3.84. The average Bonchev–Trinajstić information content (AvgIpc) is 2.55. The van der Waals surface area contributed by atoms with E-state index in [9.17, 15) is 27.6 Å². The quantitative estimate of drug-likeness (QED) is 0.687. The highest BCUT2D eigenvalue weighted by molar-refractivity contribution is 5.96. The van der Waals surface area contributed by atoms with Crippen LogP contribution >= 0.6 is 0 Å². The van der Waals surface area contributed by atoms with Gasteiger partial charge in [0.15, 0.2) is 0 Å². The second-order valence-electron chi connectivity index (χ2n) is 4.96. The molecule has 1 rings (SSSR count). The minimum atomic E-state index is -4.56. The van der Waals surface area contributed by atoms with Gasteiger partial charge in [0.25, 0.3) is 11.8 Å². The molecule has 3 amide bonds. The molecule has 132 valence electrons. The van der Waals surface area contributed by atoms with E-state index >= 15 is 0 Å². The highest BCUT2D eigenvalue weighted by Crippen LogP contribution is 2.29. The molecule has 0 atom stereocenters. The summed E-state index contributed by atoms with van der Waals surface area (Å²) in [5, 5.41) is 2.17. The number of nitrogens with one attached hydrogen (secondary N) is 3. The van der Waals surface area contributed by atoms with Crippen molar-refractivity contribution in [2.24, 2.45) is 0 Å². The number of hydrazine groups is 1. The SMILES string of the molecule is CCCCC(=O)NNC(=O)CNC(=O)c1cccc(C(F)(F)F)c1. The van der Waals surface area contributed by atoms with Crippen molar-refractivity contribution in [3.8, 4) is 0 Å². The van der Waals surface area contributed by atoms with E-state index in [2.05, 4.69) is 16.2 Å². The van der Waals surface area contributed by atoms with Gasteiger partial charge >= 0.3 is 6.18 Å². The second kappa shape index (κ2) is 8.90. The fraction of sp³-hybridized carbons (Fsp3) is 0.400. The van der Waals surface area contributed by atoms with Crippen LogP contribution in [-0.4, -0.2) is 24.3 Å². The highest BCUT2D eigenvalue weighted by Gasteiger charge is 2.30. The molecule has 0 bridgehead atoms. The van der Waals surface area contributed by atoms with E-state index in [1.54, 1.807) is 0 Å². The van der Waals surface area contributed by atoms with Crippen LogP contribution < -0.4 is 16.2 Å². The molecule has 0 aromatic heterocycles. The first kappa shape index (κ1) is 19.5. The van der Waals surface area contributed by atoms with Crippen LogP contribution in [0.25, 0.3) is 0 Å². The lowest BCUT2D eigenvalue weighted by Crippen LogP contribution is -2.46. The minimum absolute atomic E-state index is 0.218. The van der Waals surface area contributed by atoms with Crippen LogP contribution in [0.1, 0.15) is 42.1 Å². The first-order valence-electron chi connectivity index (χ1n) is 7.27. The van der Waals surface area contributed by atoms with Crippen LogP contribution in [0.2, 0.25) is 0 Å². The minimum Gasteiger partial charge on any atom is -0.343 e. The molecule has 0 radical (unpaired) electrons. The Hall–Kier alpha value is -2.58. The summed E-state index contributed by atoms with van der Waals surface area (Å²) >= 11 is 0. The van der Waals surface area contributed by atoms with Crippen molar-refractivity contribution in [3.05, 3.63) is 35.4 Å². The molecular weight excluding hydrogens is 327 g/mol. The molecule has 0 fully saturated rings. The van der Waals surface area contributed by atoms with E-state index in [-0.39, 0.29) is 17.9 Å². The Kier molecular flexibility index (Phi) is 7.22. The van der Waals surface area contributed by atoms with Gasteiger partial charge in [0.05, 0.1) is 12.1 Å². The van der Waals surface area contributed by atoms with Crippen LogP contribution in [0.3, 0.4) is 0 Å². The molecule has 9 heteroatoms. The number of alkyl halides is 3. The van der Waals surface area contributed by atoms with Crippen LogP contribution in [0.5, 0.6) is 0 Å². The maximum Gasteiger partial charge on any atom is 0.416 e. The molecule has 6 nitrogen and oxygen atoms in total. The van der Waals surface area contributed by atoms with E-state index in [0.29, 0.717) is 12.5 Å². The number of hydrogen-bond donors (Lipinski definition) is 3. The van der Waals surface area contributed by atoms with Crippen molar-refractivity contribution in [2.75, 3.05) is 6.54 Å². The second-order valence-corrected chi connectivity index (χ2v) is 4.96. The molecule has 1 aromatic carbocycles. The van der Waals surface area contributed by atoms with Gasteiger partial charge in [-0.25, -0.2) is 0 Å². The third kappa shape index (κ3) is 6.67. The Bertz CT molecular complexity index is 603. The number of rotatable bonds is 6. The largest absolute Gasteiger partial charge is 0.416 e. The van der Waals surface area contributed by atoms with Gasteiger partial charge in [0, 0.05) is 12.0 Å². The highest BCUT2D eigenvalue weighted by atomic mass is 19.4. The monoisotopic (exact) mass is 345 g/mol. The van der Waals surface area contributed by atoms with Crippen molar-refractivity contribution in [1.29, 1.82) is 0 Å². The molecule has 0 aliphatic carbocycles. The Morgan fingerprint density at radius 3 is 2.38 bits per heavy atom. The third-order valence-electron chi connectivity index (χ3n) is 2.96. The Labute approximate surface area is 136 Å². The van der Waals surface area contributed by atoms with Crippen LogP contribution in [0.15, 0.2) is 24.3 Å². The van der Waals surface area contributed by atoms with Crippen molar-refractivity contribution in [3.63, 3.8) is 0 Å². The lowest BCUT2D eigenvalue weighted by molar-refractivity contribution is -0.137. The number of halogens is 3. The summed E-state index contributed by atoms with van der Waals surface area (Å²) in [6.07, 6.45) is -2.80. The predicted octanol–water partition coefficient (Wildman–Crippen LogP) is 1.77. The van der Waals surface area contributed by atoms with Crippen molar-refractivity contribution in [1.82, 2.24) is 16.2 Å². The van der Waals surface area contributed by atoms with E-state index < -0.39 is 30.1 Å². The number of carbonyl (C=O) groups excluding carboxylic acids is 3.